The Balaban J connectivity index is 2.06. The molecule has 0 aliphatic carbocycles. The first-order chi connectivity index (χ1) is 9.78. The van der Waals surface area contributed by atoms with Crippen molar-refractivity contribution >= 4 is 34.2 Å². The van der Waals surface area contributed by atoms with E-state index in [4.69, 9.17) is 16.6 Å². The van der Waals surface area contributed by atoms with Gasteiger partial charge in [0.2, 0.25) is 0 Å². The van der Waals surface area contributed by atoms with Gasteiger partial charge in [0.05, 0.1) is 0 Å². The minimum atomic E-state index is -0.359. The van der Waals surface area contributed by atoms with Gasteiger partial charge in [0.15, 0.2) is 10.9 Å². The molecule has 1 amide bonds. The van der Waals surface area contributed by atoms with Crippen LogP contribution in [-0.2, 0) is 0 Å². The molecule has 1 heterocycles. The number of hydrazine groups is 1. The molecule has 3 N–H and O–H groups in total. The maximum atomic E-state index is 12.2. The van der Waals surface area contributed by atoms with Crippen molar-refractivity contribution in [1.82, 2.24) is 16.2 Å². The van der Waals surface area contributed by atoms with Gasteiger partial charge in [0, 0.05) is 16.5 Å². The number of amides is 1. The number of benzene rings is 1. The molecule has 6 heteroatoms. The van der Waals surface area contributed by atoms with Crippen LogP contribution in [0.2, 0.25) is 0 Å². The zero-order valence-corrected chi connectivity index (χ0v) is 13.4. The summed E-state index contributed by atoms with van der Waals surface area (Å²) in [6, 6.07) is 7.53. The number of fused-ring (bicyclic) bond motifs is 1. The molecule has 0 atom stereocenters. The zero-order valence-electron chi connectivity index (χ0n) is 12.5. The number of rotatable bonds is 1. The summed E-state index contributed by atoms with van der Waals surface area (Å²) in [6.07, 6.45) is 0. The van der Waals surface area contributed by atoms with Crippen LogP contribution in [0.5, 0.6) is 0 Å². The predicted molar refractivity (Wildman–Crippen MR) is 87.0 cm³/mol. The van der Waals surface area contributed by atoms with Crippen LogP contribution in [0.25, 0.3) is 11.0 Å². The number of para-hydroxylation sites is 1. The molecule has 0 bridgehead atoms. The van der Waals surface area contributed by atoms with Gasteiger partial charge in [-0.1, -0.05) is 18.2 Å². The van der Waals surface area contributed by atoms with Gasteiger partial charge in [0.1, 0.15) is 5.58 Å². The van der Waals surface area contributed by atoms with Crippen molar-refractivity contribution in [3.63, 3.8) is 0 Å². The lowest BCUT2D eigenvalue weighted by Gasteiger charge is -2.22. The van der Waals surface area contributed by atoms with E-state index in [2.05, 4.69) is 16.2 Å². The van der Waals surface area contributed by atoms with Crippen LogP contribution in [0.15, 0.2) is 28.7 Å². The third-order valence-electron chi connectivity index (χ3n) is 2.83. The van der Waals surface area contributed by atoms with Gasteiger partial charge >= 0.3 is 5.91 Å². The first-order valence-corrected chi connectivity index (χ1v) is 7.05. The Labute approximate surface area is 129 Å². The molecular formula is C15H19N3O2S. The van der Waals surface area contributed by atoms with Crippen molar-refractivity contribution in [2.45, 2.75) is 33.2 Å². The Morgan fingerprint density at radius 2 is 1.86 bits per heavy atom. The highest BCUT2D eigenvalue weighted by atomic mass is 32.1. The van der Waals surface area contributed by atoms with E-state index in [0.29, 0.717) is 10.7 Å². The molecule has 112 valence electrons. The van der Waals surface area contributed by atoms with Crippen LogP contribution in [0, 0.1) is 6.92 Å². The topological polar surface area (TPSA) is 66.3 Å². The van der Waals surface area contributed by atoms with Gasteiger partial charge in [-0.25, -0.2) is 0 Å². The van der Waals surface area contributed by atoms with Crippen LogP contribution in [0.4, 0.5) is 0 Å². The molecular weight excluding hydrogens is 286 g/mol. The Hall–Kier alpha value is -2.08. The summed E-state index contributed by atoms with van der Waals surface area (Å²) in [7, 11) is 0. The van der Waals surface area contributed by atoms with Crippen LogP contribution in [-0.4, -0.2) is 16.6 Å². The number of aryl methyl sites for hydroxylation is 1. The number of hydrogen-bond donors (Lipinski definition) is 3. The van der Waals surface area contributed by atoms with Crippen molar-refractivity contribution < 1.29 is 9.21 Å². The average molecular weight is 305 g/mol. The van der Waals surface area contributed by atoms with E-state index in [9.17, 15) is 4.79 Å². The molecule has 1 aromatic heterocycles. The minimum absolute atomic E-state index is 0.176. The normalized spacial score (nSPS) is 11.2. The van der Waals surface area contributed by atoms with Gasteiger partial charge in [-0.15, -0.1) is 0 Å². The molecule has 0 spiro atoms. The quantitative estimate of drug-likeness (QED) is 0.558. The highest BCUT2D eigenvalue weighted by Crippen LogP contribution is 2.24. The highest BCUT2D eigenvalue weighted by Gasteiger charge is 2.18. The number of carbonyl (C=O) groups excluding carboxylic acids is 1. The predicted octanol–water partition coefficient (Wildman–Crippen LogP) is 2.65. The molecule has 0 radical (unpaired) electrons. The monoisotopic (exact) mass is 305 g/mol. The standard InChI is InChI=1S/C15H19N3O2S/c1-9-10-7-5-6-8-11(10)20-12(9)13(19)17-18-14(21)16-15(2,3)4/h5-8H,1-4H3,(H,17,19)(H2,16,18,21). The Morgan fingerprint density at radius 1 is 1.19 bits per heavy atom. The van der Waals surface area contributed by atoms with E-state index in [1.807, 2.05) is 52.0 Å². The second kappa shape index (κ2) is 5.73. The summed E-state index contributed by atoms with van der Waals surface area (Å²) in [6.45, 7) is 7.79. The van der Waals surface area contributed by atoms with Crippen molar-refractivity contribution in [2.24, 2.45) is 0 Å². The van der Waals surface area contributed by atoms with Crippen LogP contribution >= 0.6 is 12.2 Å². The third kappa shape index (κ3) is 3.72. The summed E-state index contributed by atoms with van der Waals surface area (Å²) < 4.78 is 5.58. The fourth-order valence-corrected chi connectivity index (χ4v) is 2.29. The summed E-state index contributed by atoms with van der Waals surface area (Å²) in [5, 5.41) is 4.32. The smallest absolute Gasteiger partial charge is 0.305 e. The molecule has 0 aliphatic rings. The summed E-state index contributed by atoms with van der Waals surface area (Å²) in [5.41, 5.74) is 6.53. The van der Waals surface area contributed by atoms with Crippen LogP contribution < -0.4 is 16.2 Å². The zero-order chi connectivity index (χ0) is 15.6. The molecule has 1 aromatic carbocycles. The molecule has 0 aliphatic heterocycles. The number of thiocarbonyl (C=S) groups is 1. The van der Waals surface area contributed by atoms with E-state index in [0.717, 1.165) is 10.9 Å². The van der Waals surface area contributed by atoms with E-state index < -0.39 is 0 Å². The fourth-order valence-electron chi connectivity index (χ4n) is 1.93. The second-order valence-electron chi connectivity index (χ2n) is 5.84. The number of furan rings is 1. The molecule has 0 fully saturated rings. The van der Waals surface area contributed by atoms with E-state index in [1.165, 1.54) is 0 Å². The molecule has 2 aromatic rings. The average Bonchev–Trinajstić information content (AvgIpc) is 2.72. The van der Waals surface area contributed by atoms with Crippen molar-refractivity contribution in [3.05, 3.63) is 35.6 Å². The minimum Gasteiger partial charge on any atom is -0.451 e. The molecule has 0 saturated carbocycles. The lowest BCUT2D eigenvalue weighted by atomic mass is 10.1. The third-order valence-corrected chi connectivity index (χ3v) is 3.03. The molecule has 21 heavy (non-hydrogen) atoms. The van der Waals surface area contributed by atoms with Gasteiger partial charge in [0.25, 0.3) is 0 Å². The Kier molecular flexibility index (Phi) is 4.18. The second-order valence-corrected chi connectivity index (χ2v) is 6.24. The molecule has 0 saturated heterocycles. The first kappa shape index (κ1) is 15.3. The van der Waals surface area contributed by atoms with Gasteiger partial charge in [-0.2, -0.15) is 0 Å². The molecule has 2 rings (SSSR count). The lowest BCUT2D eigenvalue weighted by Crippen LogP contribution is -2.52. The maximum Gasteiger partial charge on any atom is 0.305 e. The fraction of sp³-hybridized carbons (Fsp3) is 0.333. The van der Waals surface area contributed by atoms with Crippen molar-refractivity contribution in [3.8, 4) is 0 Å². The molecule has 0 unspecified atom stereocenters. The summed E-state index contributed by atoms with van der Waals surface area (Å²) in [4.78, 5) is 12.2. The number of hydrogen-bond acceptors (Lipinski definition) is 3. The summed E-state index contributed by atoms with van der Waals surface area (Å²) in [5.74, 6) is -0.0796. The maximum absolute atomic E-state index is 12.2. The van der Waals surface area contributed by atoms with Gasteiger partial charge in [-0.05, 0) is 46.0 Å². The van der Waals surface area contributed by atoms with E-state index >= 15 is 0 Å². The Morgan fingerprint density at radius 3 is 2.48 bits per heavy atom. The first-order valence-electron chi connectivity index (χ1n) is 6.64. The van der Waals surface area contributed by atoms with Crippen LogP contribution in [0.1, 0.15) is 36.9 Å². The van der Waals surface area contributed by atoms with E-state index in [-0.39, 0.29) is 17.2 Å². The highest BCUT2D eigenvalue weighted by molar-refractivity contribution is 7.80. The van der Waals surface area contributed by atoms with Crippen molar-refractivity contribution in [2.75, 3.05) is 0 Å². The number of nitrogens with one attached hydrogen (secondary N) is 3. The van der Waals surface area contributed by atoms with Crippen LogP contribution in [0.3, 0.4) is 0 Å². The Bertz CT molecular complexity index is 686. The summed E-state index contributed by atoms with van der Waals surface area (Å²) >= 11 is 5.10. The lowest BCUT2D eigenvalue weighted by molar-refractivity contribution is 0.0916. The SMILES string of the molecule is Cc1c(C(=O)NNC(=S)NC(C)(C)C)oc2ccccc12. The van der Waals surface area contributed by atoms with Gasteiger partial charge < -0.3 is 9.73 Å². The number of carbonyl (C=O) groups is 1. The van der Waals surface area contributed by atoms with Gasteiger partial charge in [-0.3, -0.25) is 15.6 Å². The largest absolute Gasteiger partial charge is 0.451 e. The van der Waals surface area contributed by atoms with Crippen molar-refractivity contribution in [1.29, 1.82) is 0 Å². The van der Waals surface area contributed by atoms with E-state index in [1.54, 1.807) is 0 Å². The molecule has 5 nitrogen and oxygen atoms in total.